The standard InChI is InChI=1S/C22H26N2O5S2/c1-3-28-22(27)17-12-18(15-8-5-4-6-9-15)31-20(17)23-19(25)14-29-21(26)16-10-7-11-24(13-16)30-2/h4-6,8-9,12,16H,3,7,10-11,13-14H2,1-2H3,(H,23,25). The third-order valence-corrected chi connectivity index (χ3v) is 6.81. The number of amides is 1. The first kappa shape index (κ1) is 23.3. The van der Waals surface area contributed by atoms with Gasteiger partial charge in [-0.25, -0.2) is 9.10 Å². The Hall–Kier alpha value is -2.36. The smallest absolute Gasteiger partial charge is 0.341 e. The van der Waals surface area contributed by atoms with E-state index in [1.165, 1.54) is 11.3 Å². The Kier molecular flexibility index (Phi) is 8.51. The van der Waals surface area contributed by atoms with Crippen molar-refractivity contribution >= 4 is 46.1 Å². The van der Waals surface area contributed by atoms with Crippen LogP contribution in [0.1, 0.15) is 30.1 Å². The second-order valence-corrected chi connectivity index (χ2v) is 8.94. The summed E-state index contributed by atoms with van der Waals surface area (Å²) in [4.78, 5) is 38.0. The summed E-state index contributed by atoms with van der Waals surface area (Å²) in [6.07, 6.45) is 3.66. The zero-order valence-corrected chi connectivity index (χ0v) is 19.2. The number of benzene rings is 1. The van der Waals surface area contributed by atoms with Crippen LogP contribution in [0.5, 0.6) is 0 Å². The quantitative estimate of drug-likeness (QED) is 0.468. The van der Waals surface area contributed by atoms with Gasteiger partial charge >= 0.3 is 11.9 Å². The molecule has 1 N–H and O–H groups in total. The van der Waals surface area contributed by atoms with Crippen molar-refractivity contribution in [3.63, 3.8) is 0 Å². The summed E-state index contributed by atoms with van der Waals surface area (Å²) in [5.74, 6) is -1.59. The predicted molar refractivity (Wildman–Crippen MR) is 123 cm³/mol. The molecular formula is C22H26N2O5S2. The molecule has 166 valence electrons. The second kappa shape index (κ2) is 11.3. The third-order valence-electron chi connectivity index (χ3n) is 4.86. The number of anilines is 1. The summed E-state index contributed by atoms with van der Waals surface area (Å²) in [6.45, 7) is 3.14. The van der Waals surface area contributed by atoms with E-state index >= 15 is 0 Å². The maximum atomic E-state index is 12.5. The predicted octanol–water partition coefficient (Wildman–Crippen LogP) is 4.06. The molecule has 0 spiro atoms. The van der Waals surface area contributed by atoms with Crippen molar-refractivity contribution < 1.29 is 23.9 Å². The van der Waals surface area contributed by atoms with Crippen LogP contribution < -0.4 is 5.32 Å². The lowest BCUT2D eigenvalue weighted by molar-refractivity contribution is -0.152. The van der Waals surface area contributed by atoms with Crippen molar-refractivity contribution in [1.82, 2.24) is 4.31 Å². The fourth-order valence-electron chi connectivity index (χ4n) is 3.31. The Bertz CT molecular complexity index is 916. The molecule has 0 bridgehead atoms. The zero-order valence-electron chi connectivity index (χ0n) is 17.6. The Morgan fingerprint density at radius 1 is 1.23 bits per heavy atom. The Morgan fingerprint density at radius 3 is 2.71 bits per heavy atom. The van der Waals surface area contributed by atoms with Crippen LogP contribution >= 0.6 is 23.3 Å². The molecule has 1 amide bonds. The van der Waals surface area contributed by atoms with Crippen molar-refractivity contribution in [2.45, 2.75) is 19.8 Å². The number of hydrogen-bond acceptors (Lipinski definition) is 8. The highest BCUT2D eigenvalue weighted by molar-refractivity contribution is 7.96. The highest BCUT2D eigenvalue weighted by atomic mass is 32.2. The van der Waals surface area contributed by atoms with Crippen LogP contribution in [0.3, 0.4) is 0 Å². The summed E-state index contributed by atoms with van der Waals surface area (Å²) < 4.78 is 12.5. The SMILES string of the molecule is CCOC(=O)c1cc(-c2ccccc2)sc1NC(=O)COC(=O)C1CCCN(SC)C1. The molecule has 7 nitrogen and oxygen atoms in total. The number of hydrogen-bond donors (Lipinski definition) is 1. The van der Waals surface area contributed by atoms with E-state index < -0.39 is 18.5 Å². The molecule has 0 saturated carbocycles. The van der Waals surface area contributed by atoms with Crippen LogP contribution in [0.4, 0.5) is 5.00 Å². The maximum absolute atomic E-state index is 12.5. The molecule has 1 saturated heterocycles. The van der Waals surface area contributed by atoms with Gasteiger partial charge < -0.3 is 14.8 Å². The minimum atomic E-state index is -0.507. The van der Waals surface area contributed by atoms with E-state index in [0.717, 1.165) is 29.8 Å². The lowest BCUT2D eigenvalue weighted by Crippen LogP contribution is -2.36. The van der Waals surface area contributed by atoms with Gasteiger partial charge in [0.05, 0.1) is 18.1 Å². The molecule has 0 radical (unpaired) electrons. The van der Waals surface area contributed by atoms with Crippen LogP contribution in [0.2, 0.25) is 0 Å². The number of nitrogens with one attached hydrogen (secondary N) is 1. The fourth-order valence-corrected chi connectivity index (χ4v) is 5.02. The zero-order chi connectivity index (χ0) is 22.2. The maximum Gasteiger partial charge on any atom is 0.341 e. The number of esters is 2. The Labute approximate surface area is 190 Å². The summed E-state index contributed by atoms with van der Waals surface area (Å²) in [7, 11) is 0. The van der Waals surface area contributed by atoms with Gasteiger partial charge in [0, 0.05) is 18.0 Å². The molecular weight excluding hydrogens is 436 g/mol. The molecule has 1 aliphatic rings. The van der Waals surface area contributed by atoms with Gasteiger partial charge in [-0.2, -0.15) is 0 Å². The van der Waals surface area contributed by atoms with Gasteiger partial charge in [-0.1, -0.05) is 42.3 Å². The Balaban J connectivity index is 1.65. The first-order chi connectivity index (χ1) is 15.0. The minimum Gasteiger partial charge on any atom is -0.462 e. The van der Waals surface area contributed by atoms with Gasteiger partial charge in [-0.3, -0.25) is 9.59 Å². The van der Waals surface area contributed by atoms with E-state index in [2.05, 4.69) is 9.62 Å². The molecule has 2 heterocycles. The van der Waals surface area contributed by atoms with E-state index in [1.54, 1.807) is 24.9 Å². The molecule has 1 fully saturated rings. The van der Waals surface area contributed by atoms with Crippen molar-refractivity contribution in [3.05, 3.63) is 42.0 Å². The first-order valence-electron chi connectivity index (χ1n) is 10.1. The van der Waals surface area contributed by atoms with Gasteiger partial charge in [0.15, 0.2) is 6.61 Å². The van der Waals surface area contributed by atoms with Crippen molar-refractivity contribution in [1.29, 1.82) is 0 Å². The molecule has 1 atom stereocenters. The van der Waals surface area contributed by atoms with E-state index in [-0.39, 0.29) is 24.1 Å². The van der Waals surface area contributed by atoms with Crippen molar-refractivity contribution in [2.75, 3.05) is 37.9 Å². The number of ether oxygens (including phenoxy) is 2. The summed E-state index contributed by atoms with van der Waals surface area (Å²) >= 11 is 2.88. The third kappa shape index (κ3) is 6.32. The van der Waals surface area contributed by atoms with Gasteiger partial charge in [0.2, 0.25) is 0 Å². The lowest BCUT2D eigenvalue weighted by atomic mass is 10.0. The number of thiophene rings is 1. The first-order valence-corrected chi connectivity index (χ1v) is 12.1. The highest BCUT2D eigenvalue weighted by Gasteiger charge is 2.27. The van der Waals surface area contributed by atoms with E-state index in [1.807, 2.05) is 36.6 Å². The van der Waals surface area contributed by atoms with Crippen LogP contribution in [0.25, 0.3) is 10.4 Å². The van der Waals surface area contributed by atoms with Gasteiger partial charge in [-0.15, -0.1) is 11.3 Å². The highest BCUT2D eigenvalue weighted by Crippen LogP contribution is 2.36. The average Bonchev–Trinajstić information content (AvgIpc) is 3.22. The molecule has 2 aromatic rings. The number of nitrogens with zero attached hydrogens (tertiary/aromatic N) is 1. The second-order valence-electron chi connectivity index (χ2n) is 7.01. The summed E-state index contributed by atoms with van der Waals surface area (Å²) in [5.41, 5.74) is 1.22. The van der Waals surface area contributed by atoms with Gasteiger partial charge in [0.1, 0.15) is 5.00 Å². The molecule has 1 aromatic carbocycles. The number of carbonyl (C=O) groups is 3. The van der Waals surface area contributed by atoms with E-state index in [4.69, 9.17) is 9.47 Å². The van der Waals surface area contributed by atoms with Crippen molar-refractivity contribution in [2.24, 2.45) is 5.92 Å². The fraction of sp³-hybridized carbons (Fsp3) is 0.409. The van der Waals surface area contributed by atoms with Gasteiger partial charge in [-0.05, 0) is 37.7 Å². The van der Waals surface area contributed by atoms with Crippen molar-refractivity contribution in [3.8, 4) is 10.4 Å². The molecule has 1 aliphatic heterocycles. The number of carbonyl (C=O) groups excluding carboxylic acids is 3. The molecule has 1 aromatic heterocycles. The largest absolute Gasteiger partial charge is 0.462 e. The van der Waals surface area contributed by atoms with E-state index in [0.29, 0.717) is 11.5 Å². The van der Waals surface area contributed by atoms with Crippen LogP contribution in [-0.2, 0) is 19.1 Å². The normalized spacial score (nSPS) is 16.5. The average molecular weight is 463 g/mol. The molecule has 1 unspecified atom stereocenters. The lowest BCUT2D eigenvalue weighted by Gasteiger charge is -2.29. The molecule has 3 rings (SSSR count). The summed E-state index contributed by atoms with van der Waals surface area (Å²) in [6, 6.07) is 11.3. The van der Waals surface area contributed by atoms with Crippen LogP contribution in [-0.4, -0.2) is 54.7 Å². The molecule has 0 aliphatic carbocycles. The number of piperidine rings is 1. The minimum absolute atomic E-state index is 0.226. The molecule has 9 heteroatoms. The molecule has 31 heavy (non-hydrogen) atoms. The monoisotopic (exact) mass is 462 g/mol. The van der Waals surface area contributed by atoms with Crippen LogP contribution in [0, 0.1) is 5.92 Å². The van der Waals surface area contributed by atoms with E-state index in [9.17, 15) is 14.4 Å². The Morgan fingerprint density at radius 2 is 2.00 bits per heavy atom. The topological polar surface area (TPSA) is 84.9 Å². The van der Waals surface area contributed by atoms with Crippen LogP contribution in [0.15, 0.2) is 36.4 Å². The summed E-state index contributed by atoms with van der Waals surface area (Å²) in [5, 5.41) is 3.08. The number of rotatable bonds is 8. The van der Waals surface area contributed by atoms with Gasteiger partial charge in [0.25, 0.3) is 5.91 Å².